The van der Waals surface area contributed by atoms with Gasteiger partial charge in [0.1, 0.15) is 0 Å². The molecule has 0 aliphatic heterocycles. The van der Waals surface area contributed by atoms with Crippen molar-refractivity contribution in [2.24, 2.45) is 0 Å². The summed E-state index contributed by atoms with van der Waals surface area (Å²) in [6, 6.07) is 11.4. The Morgan fingerprint density at radius 3 is 2.41 bits per heavy atom. The molecule has 0 amide bonds. The van der Waals surface area contributed by atoms with Gasteiger partial charge in [0, 0.05) is 16.3 Å². The average molecular weight is 254 g/mol. The summed E-state index contributed by atoms with van der Waals surface area (Å²) >= 11 is 5.86. The van der Waals surface area contributed by atoms with Crippen molar-refractivity contribution in [1.29, 1.82) is 0 Å². The van der Waals surface area contributed by atoms with Crippen LogP contribution in [0, 0.1) is 0 Å². The van der Waals surface area contributed by atoms with Crippen molar-refractivity contribution in [2.75, 3.05) is 5.73 Å². The number of halogens is 3. The van der Waals surface area contributed by atoms with E-state index in [1.165, 1.54) is 12.1 Å². The van der Waals surface area contributed by atoms with Gasteiger partial charge in [-0.1, -0.05) is 23.7 Å². The van der Waals surface area contributed by atoms with Crippen molar-refractivity contribution in [3.63, 3.8) is 0 Å². The topological polar surface area (TPSA) is 26.0 Å². The molecule has 0 bridgehead atoms. The number of benzene rings is 2. The first-order valence-electron chi connectivity index (χ1n) is 5.01. The maximum Gasteiger partial charge on any atom is 0.263 e. The summed E-state index contributed by atoms with van der Waals surface area (Å²) in [4.78, 5) is 0. The molecule has 0 spiro atoms. The molecule has 88 valence electrons. The molecule has 0 radical (unpaired) electrons. The Labute approximate surface area is 103 Å². The maximum absolute atomic E-state index is 12.6. The molecule has 0 saturated heterocycles. The molecule has 0 aliphatic carbocycles. The van der Waals surface area contributed by atoms with Crippen LogP contribution in [0.2, 0.25) is 5.02 Å². The van der Waals surface area contributed by atoms with E-state index in [1.807, 2.05) is 0 Å². The molecule has 1 nitrogen and oxygen atoms in total. The SMILES string of the molecule is Nc1cc(-c2cccc(Cl)c2)cc(C(F)F)c1. The highest BCUT2D eigenvalue weighted by Crippen LogP contribution is 2.29. The number of alkyl halides is 2. The van der Waals surface area contributed by atoms with E-state index in [1.54, 1.807) is 30.3 Å². The smallest absolute Gasteiger partial charge is 0.263 e. The highest BCUT2D eigenvalue weighted by atomic mass is 35.5. The summed E-state index contributed by atoms with van der Waals surface area (Å²) < 4.78 is 25.3. The molecule has 2 aromatic rings. The zero-order chi connectivity index (χ0) is 12.4. The zero-order valence-electron chi connectivity index (χ0n) is 8.83. The third kappa shape index (κ3) is 2.74. The summed E-state index contributed by atoms with van der Waals surface area (Å²) in [5.74, 6) is 0. The van der Waals surface area contributed by atoms with Gasteiger partial charge < -0.3 is 5.73 Å². The average Bonchev–Trinajstić information content (AvgIpc) is 2.28. The van der Waals surface area contributed by atoms with E-state index in [-0.39, 0.29) is 5.56 Å². The monoisotopic (exact) mass is 253 g/mol. The summed E-state index contributed by atoms with van der Waals surface area (Å²) in [5, 5.41) is 0.559. The first-order valence-corrected chi connectivity index (χ1v) is 5.38. The van der Waals surface area contributed by atoms with Gasteiger partial charge in [-0.3, -0.25) is 0 Å². The van der Waals surface area contributed by atoms with E-state index in [9.17, 15) is 8.78 Å². The van der Waals surface area contributed by atoms with Crippen LogP contribution >= 0.6 is 11.6 Å². The van der Waals surface area contributed by atoms with Crippen LogP contribution in [-0.2, 0) is 0 Å². The molecule has 0 aliphatic rings. The van der Waals surface area contributed by atoms with Gasteiger partial charge in [-0.05, 0) is 41.5 Å². The molecule has 2 aromatic carbocycles. The van der Waals surface area contributed by atoms with E-state index in [0.29, 0.717) is 16.3 Å². The molecule has 0 aromatic heterocycles. The number of hydrogen-bond donors (Lipinski definition) is 1. The van der Waals surface area contributed by atoms with Crippen molar-refractivity contribution >= 4 is 17.3 Å². The number of nitrogen functional groups attached to an aromatic ring is 1. The second-order valence-corrected chi connectivity index (χ2v) is 4.14. The summed E-state index contributed by atoms with van der Waals surface area (Å²) in [6.45, 7) is 0. The maximum atomic E-state index is 12.6. The van der Waals surface area contributed by atoms with E-state index < -0.39 is 6.43 Å². The predicted octanol–water partition coefficient (Wildman–Crippen LogP) is 4.53. The highest BCUT2D eigenvalue weighted by Gasteiger charge is 2.10. The highest BCUT2D eigenvalue weighted by molar-refractivity contribution is 6.30. The second-order valence-electron chi connectivity index (χ2n) is 3.70. The quantitative estimate of drug-likeness (QED) is 0.782. The first-order chi connectivity index (χ1) is 8.06. The van der Waals surface area contributed by atoms with Crippen LogP contribution in [0.5, 0.6) is 0 Å². The first kappa shape index (κ1) is 11.9. The molecule has 2 rings (SSSR count). The van der Waals surface area contributed by atoms with Gasteiger partial charge in [0.15, 0.2) is 0 Å². The van der Waals surface area contributed by atoms with Crippen molar-refractivity contribution in [3.05, 3.63) is 53.1 Å². The number of nitrogens with two attached hydrogens (primary N) is 1. The molecule has 0 saturated carbocycles. The van der Waals surface area contributed by atoms with Gasteiger partial charge in [-0.2, -0.15) is 0 Å². The number of hydrogen-bond acceptors (Lipinski definition) is 1. The van der Waals surface area contributed by atoms with Crippen LogP contribution in [0.4, 0.5) is 14.5 Å². The summed E-state index contributed by atoms with van der Waals surface area (Å²) in [6.07, 6.45) is -2.53. The lowest BCUT2D eigenvalue weighted by molar-refractivity contribution is 0.151. The minimum Gasteiger partial charge on any atom is -0.399 e. The fraction of sp³-hybridized carbons (Fsp3) is 0.0769. The van der Waals surface area contributed by atoms with Crippen molar-refractivity contribution in [1.82, 2.24) is 0 Å². The van der Waals surface area contributed by atoms with Crippen LogP contribution in [0.3, 0.4) is 0 Å². The predicted molar refractivity (Wildman–Crippen MR) is 66.3 cm³/mol. The van der Waals surface area contributed by atoms with Crippen LogP contribution < -0.4 is 5.73 Å². The Morgan fingerprint density at radius 1 is 1.00 bits per heavy atom. The van der Waals surface area contributed by atoms with Gasteiger partial charge in [-0.25, -0.2) is 8.78 Å². The Morgan fingerprint density at radius 2 is 1.76 bits per heavy atom. The Kier molecular flexibility index (Phi) is 3.29. The van der Waals surface area contributed by atoms with Crippen LogP contribution in [0.1, 0.15) is 12.0 Å². The summed E-state index contributed by atoms with van der Waals surface area (Å²) in [5.41, 5.74) is 7.25. The van der Waals surface area contributed by atoms with Crippen LogP contribution in [-0.4, -0.2) is 0 Å². The van der Waals surface area contributed by atoms with Crippen molar-refractivity contribution in [3.8, 4) is 11.1 Å². The Balaban J connectivity index is 2.52. The van der Waals surface area contributed by atoms with E-state index in [0.717, 1.165) is 5.56 Å². The summed E-state index contributed by atoms with van der Waals surface area (Å²) in [7, 11) is 0. The lowest BCUT2D eigenvalue weighted by atomic mass is 10.0. The number of anilines is 1. The van der Waals surface area contributed by atoms with Gasteiger partial charge in [0.2, 0.25) is 0 Å². The van der Waals surface area contributed by atoms with Gasteiger partial charge in [-0.15, -0.1) is 0 Å². The minimum absolute atomic E-state index is 0.0834. The largest absolute Gasteiger partial charge is 0.399 e. The molecule has 0 atom stereocenters. The van der Waals surface area contributed by atoms with Crippen molar-refractivity contribution in [2.45, 2.75) is 6.43 Å². The normalized spacial score (nSPS) is 10.8. The standard InChI is InChI=1S/C13H10ClF2N/c14-11-3-1-2-8(5-11)9-4-10(13(15)16)7-12(17)6-9/h1-7,13H,17H2. The van der Waals surface area contributed by atoms with Gasteiger partial charge in [0.05, 0.1) is 0 Å². The second kappa shape index (κ2) is 4.72. The molecule has 17 heavy (non-hydrogen) atoms. The Bertz CT molecular complexity index is 541. The lowest BCUT2D eigenvalue weighted by Crippen LogP contribution is -1.91. The minimum atomic E-state index is -2.53. The van der Waals surface area contributed by atoms with Crippen molar-refractivity contribution < 1.29 is 8.78 Å². The zero-order valence-corrected chi connectivity index (χ0v) is 9.59. The molecule has 4 heteroatoms. The van der Waals surface area contributed by atoms with Gasteiger partial charge >= 0.3 is 0 Å². The van der Waals surface area contributed by atoms with Gasteiger partial charge in [0.25, 0.3) is 6.43 Å². The van der Waals surface area contributed by atoms with E-state index in [2.05, 4.69) is 0 Å². The van der Waals surface area contributed by atoms with Crippen LogP contribution in [0.25, 0.3) is 11.1 Å². The van der Waals surface area contributed by atoms with E-state index >= 15 is 0 Å². The third-order valence-electron chi connectivity index (χ3n) is 2.39. The number of rotatable bonds is 2. The molecular formula is C13H10ClF2N. The van der Waals surface area contributed by atoms with E-state index in [4.69, 9.17) is 17.3 Å². The van der Waals surface area contributed by atoms with Crippen LogP contribution in [0.15, 0.2) is 42.5 Å². The Hall–Kier alpha value is -1.61. The lowest BCUT2D eigenvalue weighted by Gasteiger charge is -2.07. The molecule has 0 unspecified atom stereocenters. The molecule has 0 heterocycles. The third-order valence-corrected chi connectivity index (χ3v) is 2.62. The fourth-order valence-electron chi connectivity index (χ4n) is 1.64. The fourth-order valence-corrected chi connectivity index (χ4v) is 1.83. The molecule has 0 fully saturated rings. The molecular weight excluding hydrogens is 244 g/mol. The molecule has 2 N–H and O–H groups in total.